The predicted molar refractivity (Wildman–Crippen MR) is 93.3 cm³/mol. The fourth-order valence-corrected chi connectivity index (χ4v) is 3.12. The van der Waals surface area contributed by atoms with Crippen LogP contribution < -0.4 is 0 Å². The molecule has 3 rings (SSSR count). The molecule has 24 heavy (non-hydrogen) atoms. The van der Waals surface area contributed by atoms with Crippen LogP contribution in [-0.4, -0.2) is 29.9 Å². The van der Waals surface area contributed by atoms with Crippen LogP contribution in [0.2, 0.25) is 0 Å². The van der Waals surface area contributed by atoms with Gasteiger partial charge in [0, 0.05) is 26.1 Å². The lowest BCUT2D eigenvalue weighted by Gasteiger charge is -2.36. The fraction of sp³-hybridized carbons (Fsp3) is 0.200. The Hall–Kier alpha value is -2.90. The zero-order chi connectivity index (χ0) is 17.1. The fourth-order valence-electron chi connectivity index (χ4n) is 3.12. The Morgan fingerprint density at radius 3 is 2.17 bits per heavy atom. The first-order chi connectivity index (χ1) is 11.6. The van der Waals surface area contributed by atoms with E-state index >= 15 is 0 Å². The molecule has 0 spiro atoms. The van der Waals surface area contributed by atoms with Crippen molar-refractivity contribution in [3.05, 3.63) is 77.4 Å². The lowest BCUT2D eigenvalue weighted by atomic mass is 9.97. The van der Waals surface area contributed by atoms with Crippen molar-refractivity contribution in [3.63, 3.8) is 0 Å². The number of allylic oxidation sites excluding steroid dienone is 1. The van der Waals surface area contributed by atoms with Crippen LogP contribution in [-0.2, 0) is 4.79 Å². The molecule has 0 aromatic heterocycles. The summed E-state index contributed by atoms with van der Waals surface area (Å²) in [6.07, 6.45) is 0.282. The molecule has 0 bridgehead atoms. The number of carbonyl (C=O) groups excluding carboxylic acids is 1. The van der Waals surface area contributed by atoms with Gasteiger partial charge >= 0.3 is 0 Å². The highest BCUT2D eigenvalue weighted by Crippen LogP contribution is 2.35. The first kappa shape index (κ1) is 16.0. The lowest BCUT2D eigenvalue weighted by molar-refractivity contribution is -0.116. The predicted octanol–water partition coefficient (Wildman–Crippen LogP) is 3.41. The molecule has 0 saturated carbocycles. The van der Waals surface area contributed by atoms with Gasteiger partial charge in [-0.25, -0.2) is 5.01 Å². The maximum absolute atomic E-state index is 12.8. The van der Waals surface area contributed by atoms with Crippen molar-refractivity contribution in [3.8, 4) is 6.07 Å². The molecule has 0 aliphatic carbocycles. The van der Waals surface area contributed by atoms with Gasteiger partial charge < -0.3 is 5.01 Å². The average molecular weight is 317 g/mol. The summed E-state index contributed by atoms with van der Waals surface area (Å²) in [5.74, 6) is -0.124. The minimum absolute atomic E-state index is 0.103. The van der Waals surface area contributed by atoms with Crippen molar-refractivity contribution in [1.82, 2.24) is 10.0 Å². The van der Waals surface area contributed by atoms with Crippen molar-refractivity contribution in [2.45, 2.75) is 12.5 Å². The van der Waals surface area contributed by atoms with Crippen LogP contribution in [0, 0.1) is 11.3 Å². The van der Waals surface area contributed by atoms with E-state index in [4.69, 9.17) is 0 Å². The van der Waals surface area contributed by atoms with Crippen LogP contribution in [0.5, 0.6) is 0 Å². The minimum atomic E-state index is -0.124. The number of carbonyl (C=O) groups is 1. The lowest BCUT2D eigenvalue weighted by Crippen LogP contribution is -2.37. The normalized spacial score (nSPS) is 19.1. The molecule has 1 aliphatic heterocycles. The number of ketones is 1. The molecular weight excluding hydrogens is 298 g/mol. The number of benzene rings is 2. The molecule has 0 fully saturated rings. The second-order valence-corrected chi connectivity index (χ2v) is 5.85. The molecule has 1 atom stereocenters. The van der Waals surface area contributed by atoms with Crippen molar-refractivity contribution < 1.29 is 4.79 Å². The Morgan fingerprint density at radius 1 is 1.00 bits per heavy atom. The SMILES string of the molecule is CN1C(c2ccccc2)=C(C#N)C(=O)C[C@@H](c2ccccc2)N1C. The maximum Gasteiger partial charge on any atom is 0.177 e. The van der Waals surface area contributed by atoms with Gasteiger partial charge in [0.25, 0.3) is 0 Å². The molecule has 0 radical (unpaired) electrons. The van der Waals surface area contributed by atoms with Crippen LogP contribution in [0.3, 0.4) is 0 Å². The third-order valence-electron chi connectivity index (χ3n) is 4.49. The van der Waals surface area contributed by atoms with E-state index in [0.29, 0.717) is 5.70 Å². The first-order valence-corrected chi connectivity index (χ1v) is 7.88. The number of nitrogens with zero attached hydrogens (tertiary/aromatic N) is 3. The zero-order valence-corrected chi connectivity index (χ0v) is 13.8. The zero-order valence-electron chi connectivity index (χ0n) is 13.8. The second-order valence-electron chi connectivity index (χ2n) is 5.85. The highest BCUT2D eigenvalue weighted by atomic mass is 16.1. The van der Waals surface area contributed by atoms with Gasteiger partial charge in [-0.1, -0.05) is 60.7 Å². The summed E-state index contributed by atoms with van der Waals surface area (Å²) in [6, 6.07) is 21.5. The van der Waals surface area contributed by atoms with Gasteiger partial charge in [-0.2, -0.15) is 5.26 Å². The summed E-state index contributed by atoms with van der Waals surface area (Å²) in [4.78, 5) is 12.8. The molecule has 0 N–H and O–H groups in total. The van der Waals surface area contributed by atoms with Crippen molar-refractivity contribution in [1.29, 1.82) is 5.26 Å². The van der Waals surface area contributed by atoms with E-state index in [1.165, 1.54) is 0 Å². The van der Waals surface area contributed by atoms with Gasteiger partial charge in [0.1, 0.15) is 11.6 Å². The topological polar surface area (TPSA) is 47.3 Å². The summed E-state index contributed by atoms with van der Waals surface area (Å²) < 4.78 is 0. The molecular formula is C20H19N3O. The van der Waals surface area contributed by atoms with E-state index in [1.54, 1.807) is 0 Å². The minimum Gasteiger partial charge on any atom is -0.306 e. The Balaban J connectivity index is 2.10. The molecule has 1 heterocycles. The number of hydrazine groups is 1. The molecule has 4 heteroatoms. The van der Waals surface area contributed by atoms with E-state index in [9.17, 15) is 10.1 Å². The molecule has 1 aliphatic rings. The monoisotopic (exact) mass is 317 g/mol. The molecule has 2 aromatic carbocycles. The van der Waals surface area contributed by atoms with Crippen molar-refractivity contribution in [2.75, 3.05) is 14.1 Å². The maximum atomic E-state index is 12.8. The van der Waals surface area contributed by atoms with Crippen LogP contribution >= 0.6 is 0 Å². The largest absolute Gasteiger partial charge is 0.306 e. The Bertz CT molecular complexity index is 806. The van der Waals surface area contributed by atoms with Gasteiger partial charge in [0.05, 0.1) is 11.7 Å². The third-order valence-corrected chi connectivity index (χ3v) is 4.49. The molecule has 0 amide bonds. The number of rotatable bonds is 2. The van der Waals surface area contributed by atoms with Gasteiger partial charge in [0.15, 0.2) is 5.78 Å². The highest BCUT2D eigenvalue weighted by Gasteiger charge is 2.33. The smallest absolute Gasteiger partial charge is 0.177 e. The summed E-state index contributed by atoms with van der Waals surface area (Å²) in [6.45, 7) is 0. The van der Waals surface area contributed by atoms with E-state index in [2.05, 4.69) is 6.07 Å². The van der Waals surface area contributed by atoms with Crippen LogP contribution in [0.4, 0.5) is 0 Å². The van der Waals surface area contributed by atoms with E-state index < -0.39 is 0 Å². The quantitative estimate of drug-likeness (QED) is 0.851. The molecule has 120 valence electrons. The van der Waals surface area contributed by atoms with Gasteiger partial charge in [-0.05, 0) is 5.56 Å². The molecule has 0 unspecified atom stereocenters. The highest BCUT2D eigenvalue weighted by molar-refractivity contribution is 6.06. The van der Waals surface area contributed by atoms with Crippen molar-refractivity contribution >= 4 is 11.5 Å². The summed E-state index contributed by atoms with van der Waals surface area (Å²) >= 11 is 0. The van der Waals surface area contributed by atoms with Crippen LogP contribution in [0.25, 0.3) is 5.70 Å². The first-order valence-electron chi connectivity index (χ1n) is 7.88. The van der Waals surface area contributed by atoms with E-state index in [1.807, 2.05) is 84.8 Å². The van der Waals surface area contributed by atoms with Crippen LogP contribution in [0.15, 0.2) is 66.2 Å². The summed E-state index contributed by atoms with van der Waals surface area (Å²) in [5.41, 5.74) is 2.80. The number of Topliss-reactive ketones (excluding diaryl/α,β-unsaturated/α-hetero) is 1. The third kappa shape index (κ3) is 2.82. The number of hydrogen-bond acceptors (Lipinski definition) is 4. The summed E-state index contributed by atoms with van der Waals surface area (Å²) in [7, 11) is 3.85. The average Bonchev–Trinajstić information content (AvgIpc) is 2.72. The van der Waals surface area contributed by atoms with E-state index in [-0.39, 0.29) is 23.8 Å². The van der Waals surface area contributed by atoms with Gasteiger partial charge in [-0.3, -0.25) is 4.79 Å². The standard InChI is InChI=1S/C20H19N3O/c1-22-18(15-9-5-3-6-10-15)13-19(24)17(14-21)20(23(22)2)16-11-7-4-8-12-16/h3-12,18H,13H2,1-2H3/t18-/m0/s1. The molecule has 4 nitrogen and oxygen atoms in total. The number of nitriles is 1. The van der Waals surface area contributed by atoms with Crippen LogP contribution in [0.1, 0.15) is 23.6 Å². The molecule has 2 aromatic rings. The van der Waals surface area contributed by atoms with Crippen molar-refractivity contribution in [2.24, 2.45) is 0 Å². The summed E-state index contributed by atoms with van der Waals surface area (Å²) in [5, 5.41) is 13.5. The Labute approximate surface area is 142 Å². The van der Waals surface area contributed by atoms with Gasteiger partial charge in [-0.15, -0.1) is 0 Å². The number of hydrogen-bond donors (Lipinski definition) is 0. The van der Waals surface area contributed by atoms with E-state index in [0.717, 1.165) is 11.1 Å². The molecule has 0 saturated heterocycles. The Morgan fingerprint density at radius 2 is 1.58 bits per heavy atom. The second kappa shape index (κ2) is 6.69. The Kier molecular flexibility index (Phi) is 4.45. The van der Waals surface area contributed by atoms with Gasteiger partial charge in [0.2, 0.25) is 0 Å².